The Labute approximate surface area is 199 Å². The highest BCUT2D eigenvalue weighted by atomic mass is 35.5. The highest BCUT2D eigenvalue weighted by Crippen LogP contribution is 2.31. The fourth-order valence-corrected chi connectivity index (χ4v) is 4.01. The normalized spacial score (nSPS) is 16.3. The minimum Gasteiger partial charge on any atom is -0.370 e. The van der Waals surface area contributed by atoms with Gasteiger partial charge >= 0.3 is 0 Å². The lowest BCUT2D eigenvalue weighted by Gasteiger charge is -2.33. The molecule has 34 heavy (non-hydrogen) atoms. The molecule has 3 aromatic heterocycles. The molecule has 0 amide bonds. The molecule has 1 aliphatic heterocycles. The Hall–Kier alpha value is -3.50. The van der Waals surface area contributed by atoms with Gasteiger partial charge in [-0.25, -0.2) is 29.3 Å². The molecule has 1 atom stereocenters. The van der Waals surface area contributed by atoms with E-state index in [9.17, 15) is 9.18 Å². The van der Waals surface area contributed by atoms with Crippen molar-refractivity contribution in [2.45, 2.75) is 20.0 Å². The molecule has 4 heterocycles. The number of morpholine rings is 1. The Morgan fingerprint density at radius 3 is 2.62 bits per heavy atom. The molecule has 0 radical (unpaired) electrons. The van der Waals surface area contributed by atoms with Crippen molar-refractivity contribution < 1.29 is 9.13 Å². The average Bonchev–Trinajstić information content (AvgIpc) is 2.83. The Morgan fingerprint density at radius 2 is 1.88 bits per heavy atom. The second kappa shape index (κ2) is 8.69. The summed E-state index contributed by atoms with van der Waals surface area (Å²) in [5.74, 6) is 0.869. The van der Waals surface area contributed by atoms with Crippen LogP contribution in [0.2, 0.25) is 5.02 Å². The Morgan fingerprint density at radius 1 is 1.12 bits per heavy atom. The minimum absolute atomic E-state index is 0.115. The number of ether oxygens (including phenoxy) is 1. The van der Waals surface area contributed by atoms with Gasteiger partial charge in [-0.05, 0) is 32.0 Å². The van der Waals surface area contributed by atoms with Gasteiger partial charge in [-0.1, -0.05) is 11.6 Å². The zero-order valence-corrected chi connectivity index (χ0v) is 19.5. The molecule has 4 aromatic rings. The summed E-state index contributed by atoms with van der Waals surface area (Å²) >= 11 is 5.96. The summed E-state index contributed by atoms with van der Waals surface area (Å²) in [6, 6.07) is 4.31. The monoisotopic (exact) mass is 481 g/mol. The van der Waals surface area contributed by atoms with Crippen molar-refractivity contribution >= 4 is 28.6 Å². The topological polar surface area (TPSA) is 98.9 Å². The molecule has 1 saturated heterocycles. The molecule has 0 N–H and O–H groups in total. The third kappa shape index (κ3) is 3.99. The van der Waals surface area contributed by atoms with Crippen LogP contribution in [0.15, 0.2) is 35.4 Å². The van der Waals surface area contributed by atoms with Crippen LogP contribution in [0.3, 0.4) is 0 Å². The van der Waals surface area contributed by atoms with E-state index < -0.39 is 5.82 Å². The summed E-state index contributed by atoms with van der Waals surface area (Å²) in [5.41, 5.74) is 1.27. The van der Waals surface area contributed by atoms with Crippen LogP contribution in [0.4, 0.5) is 10.3 Å². The molecule has 1 aliphatic rings. The van der Waals surface area contributed by atoms with Gasteiger partial charge in [-0.3, -0.25) is 9.36 Å². The van der Waals surface area contributed by atoms with Crippen molar-refractivity contribution in [2.24, 2.45) is 7.05 Å². The lowest BCUT2D eigenvalue weighted by molar-refractivity contribution is 0.0388. The molecule has 174 valence electrons. The van der Waals surface area contributed by atoms with E-state index in [4.69, 9.17) is 16.3 Å². The second-order valence-corrected chi connectivity index (χ2v) is 8.52. The summed E-state index contributed by atoms with van der Waals surface area (Å²) < 4.78 is 22.3. The maximum absolute atomic E-state index is 14.9. The summed E-state index contributed by atoms with van der Waals surface area (Å²) in [7, 11) is 1.62. The number of aryl methyl sites for hydroxylation is 2. The predicted molar refractivity (Wildman–Crippen MR) is 125 cm³/mol. The van der Waals surface area contributed by atoms with E-state index in [1.807, 2.05) is 11.8 Å². The van der Waals surface area contributed by atoms with E-state index in [-0.39, 0.29) is 39.0 Å². The van der Waals surface area contributed by atoms with Gasteiger partial charge in [0, 0.05) is 42.1 Å². The molecule has 9 nitrogen and oxygen atoms in total. The van der Waals surface area contributed by atoms with Gasteiger partial charge in [-0.15, -0.1) is 0 Å². The first-order chi connectivity index (χ1) is 16.3. The molecular weight excluding hydrogens is 461 g/mol. The molecule has 0 saturated carbocycles. The van der Waals surface area contributed by atoms with Crippen LogP contribution in [0.1, 0.15) is 23.3 Å². The van der Waals surface area contributed by atoms with Crippen molar-refractivity contribution in [2.75, 3.05) is 24.6 Å². The van der Waals surface area contributed by atoms with Crippen LogP contribution in [0, 0.1) is 19.7 Å². The third-order valence-corrected chi connectivity index (χ3v) is 6.08. The highest BCUT2D eigenvalue weighted by molar-refractivity contribution is 6.30. The molecular formula is C23H21ClFN7O2. The van der Waals surface area contributed by atoms with E-state index in [1.165, 1.54) is 16.7 Å². The number of rotatable bonds is 3. The molecule has 1 fully saturated rings. The smallest absolute Gasteiger partial charge is 0.279 e. The second-order valence-electron chi connectivity index (χ2n) is 8.09. The Kier molecular flexibility index (Phi) is 5.70. The van der Waals surface area contributed by atoms with Crippen molar-refractivity contribution in [3.8, 4) is 11.3 Å². The maximum Gasteiger partial charge on any atom is 0.279 e. The molecule has 1 aromatic carbocycles. The minimum atomic E-state index is -0.560. The van der Waals surface area contributed by atoms with Gasteiger partial charge in [0.05, 0.1) is 13.2 Å². The molecule has 0 unspecified atom stereocenters. The maximum atomic E-state index is 14.9. The number of benzene rings is 1. The number of halogens is 2. The van der Waals surface area contributed by atoms with Crippen LogP contribution < -0.4 is 10.5 Å². The largest absolute Gasteiger partial charge is 0.370 e. The molecule has 0 bridgehead atoms. The van der Waals surface area contributed by atoms with E-state index in [2.05, 4.69) is 24.9 Å². The van der Waals surface area contributed by atoms with E-state index in [0.717, 1.165) is 5.56 Å². The van der Waals surface area contributed by atoms with Crippen molar-refractivity contribution in [3.63, 3.8) is 0 Å². The zero-order valence-electron chi connectivity index (χ0n) is 18.8. The molecule has 0 spiro atoms. The van der Waals surface area contributed by atoms with Crippen LogP contribution in [0.5, 0.6) is 0 Å². The van der Waals surface area contributed by atoms with Crippen LogP contribution >= 0.6 is 11.6 Å². The molecule has 0 aliphatic carbocycles. The van der Waals surface area contributed by atoms with Gasteiger partial charge in [0.15, 0.2) is 5.52 Å². The zero-order chi connectivity index (χ0) is 24.0. The van der Waals surface area contributed by atoms with E-state index in [0.29, 0.717) is 37.3 Å². The fraction of sp³-hybridized carbons (Fsp3) is 0.304. The highest BCUT2D eigenvalue weighted by Gasteiger charge is 2.27. The number of aromatic nitrogens is 6. The molecule has 11 heteroatoms. The van der Waals surface area contributed by atoms with Crippen LogP contribution in [-0.2, 0) is 11.8 Å². The fourth-order valence-electron chi connectivity index (χ4n) is 3.85. The summed E-state index contributed by atoms with van der Waals surface area (Å²) in [4.78, 5) is 37.2. The van der Waals surface area contributed by atoms with Crippen LogP contribution in [0.25, 0.3) is 22.3 Å². The SMILES string of the molecule is Cc1ncc([C@@H]2CN(c3nc(-c4ccc(Cl)cc4F)c4nc(C)n(C)c(=O)c4n3)CCO2)cn1. The first-order valence-electron chi connectivity index (χ1n) is 10.7. The van der Waals surface area contributed by atoms with Crippen LogP contribution in [-0.4, -0.2) is 49.2 Å². The first-order valence-corrected chi connectivity index (χ1v) is 11.1. The predicted octanol–water partition coefficient (Wildman–Crippen LogP) is 3.17. The van der Waals surface area contributed by atoms with E-state index >= 15 is 0 Å². The average molecular weight is 482 g/mol. The number of anilines is 1. The number of nitrogens with zero attached hydrogens (tertiary/aromatic N) is 7. The first kappa shape index (κ1) is 22.3. The summed E-state index contributed by atoms with van der Waals surface area (Å²) in [5, 5.41) is 0.260. The summed E-state index contributed by atoms with van der Waals surface area (Å²) in [6.45, 7) is 4.84. The van der Waals surface area contributed by atoms with Gasteiger partial charge in [0.1, 0.15) is 34.8 Å². The van der Waals surface area contributed by atoms with Gasteiger partial charge < -0.3 is 9.64 Å². The Bertz CT molecular complexity index is 1460. The van der Waals surface area contributed by atoms with Gasteiger partial charge in [0.25, 0.3) is 5.56 Å². The standard InChI is InChI=1S/C23H21ClFN7O2/c1-12-26-9-14(10-27-12)18-11-32(6-7-34-18)23-29-19(16-5-4-15(24)8-17(16)25)20-21(30-23)22(33)31(3)13(2)28-20/h4-5,8-10,18H,6-7,11H2,1-3H3/t18-/m0/s1. The van der Waals surface area contributed by atoms with Crippen molar-refractivity contribution in [1.29, 1.82) is 0 Å². The van der Waals surface area contributed by atoms with Gasteiger partial charge in [-0.2, -0.15) is 0 Å². The lowest BCUT2D eigenvalue weighted by Crippen LogP contribution is -2.39. The number of hydrogen-bond donors (Lipinski definition) is 0. The summed E-state index contributed by atoms with van der Waals surface area (Å²) in [6.07, 6.45) is 3.16. The lowest BCUT2D eigenvalue weighted by atomic mass is 10.1. The molecule has 5 rings (SSSR count). The Balaban J connectivity index is 1.65. The van der Waals surface area contributed by atoms with Crippen molar-refractivity contribution in [1.82, 2.24) is 29.5 Å². The quantitative estimate of drug-likeness (QED) is 0.440. The number of fused-ring (bicyclic) bond motifs is 1. The number of hydrogen-bond acceptors (Lipinski definition) is 8. The third-order valence-electron chi connectivity index (χ3n) is 5.85. The van der Waals surface area contributed by atoms with Gasteiger partial charge in [0.2, 0.25) is 5.95 Å². The van der Waals surface area contributed by atoms with Crippen molar-refractivity contribution in [3.05, 3.63) is 69.0 Å². The van der Waals surface area contributed by atoms with E-state index in [1.54, 1.807) is 32.4 Å².